The van der Waals surface area contributed by atoms with Crippen LogP contribution in [0.25, 0.3) is 0 Å². The fraction of sp³-hybridized carbons (Fsp3) is 0.714. The number of urea groups is 1. The van der Waals surface area contributed by atoms with E-state index in [0.717, 1.165) is 13.0 Å². The summed E-state index contributed by atoms with van der Waals surface area (Å²) in [6.07, 6.45) is 0.376. The molecule has 2 atom stereocenters. The van der Waals surface area contributed by atoms with E-state index in [1.54, 1.807) is 0 Å². The van der Waals surface area contributed by atoms with Gasteiger partial charge in [0.15, 0.2) is 6.17 Å². The molecule has 5 N–H and O–H groups in total. The van der Waals surface area contributed by atoms with E-state index >= 15 is 0 Å². The first-order valence-corrected chi connectivity index (χ1v) is 4.53. The third-order valence-electron chi connectivity index (χ3n) is 2.43. The summed E-state index contributed by atoms with van der Waals surface area (Å²) in [5.41, 5.74) is 10.7. The van der Waals surface area contributed by atoms with Crippen LogP contribution in [0.5, 0.6) is 0 Å². The highest BCUT2D eigenvalue weighted by atomic mass is 35.5. The first kappa shape index (κ1) is 12.2. The Balaban J connectivity index is 0.00000112. The van der Waals surface area contributed by atoms with Gasteiger partial charge in [-0.1, -0.05) is 0 Å². The van der Waals surface area contributed by atoms with Crippen LogP contribution in [0.1, 0.15) is 6.42 Å². The molecule has 0 radical (unpaired) electrons. The number of nitrogens with two attached hydrogens (primary N) is 1. The van der Waals surface area contributed by atoms with Crippen LogP contribution in [0.2, 0.25) is 0 Å². The van der Waals surface area contributed by atoms with Crippen molar-refractivity contribution in [2.75, 3.05) is 13.1 Å². The maximum absolute atomic E-state index is 11.4. The molecule has 86 valence electrons. The van der Waals surface area contributed by atoms with Gasteiger partial charge in [0.25, 0.3) is 5.91 Å². The van der Waals surface area contributed by atoms with Crippen LogP contribution in [0.3, 0.4) is 0 Å². The van der Waals surface area contributed by atoms with Gasteiger partial charge in [0.2, 0.25) is 0 Å². The van der Waals surface area contributed by atoms with E-state index in [9.17, 15) is 9.59 Å². The Morgan fingerprint density at radius 1 is 1.40 bits per heavy atom. The Kier molecular flexibility index (Phi) is 3.86. The van der Waals surface area contributed by atoms with Crippen LogP contribution < -0.4 is 21.9 Å². The van der Waals surface area contributed by atoms with E-state index < -0.39 is 12.2 Å². The number of hydrogen-bond acceptors (Lipinski definition) is 5. The number of nitrogens with one attached hydrogen (secondary N) is 3. The molecule has 2 saturated heterocycles. The molecule has 15 heavy (non-hydrogen) atoms. The lowest BCUT2D eigenvalue weighted by molar-refractivity contribution is -0.127. The Morgan fingerprint density at radius 3 is 2.67 bits per heavy atom. The number of carbonyl (C=O) groups excluding carboxylic acids is 2. The lowest BCUT2D eigenvalue weighted by Crippen LogP contribution is -2.67. The molecule has 2 rings (SSSR count). The van der Waals surface area contributed by atoms with Gasteiger partial charge in [-0.25, -0.2) is 10.2 Å². The Bertz CT molecular complexity index is 274. The van der Waals surface area contributed by atoms with Crippen LogP contribution in [-0.2, 0) is 4.79 Å². The molecule has 2 aliphatic heterocycles. The van der Waals surface area contributed by atoms with Gasteiger partial charge in [-0.15, -0.1) is 12.4 Å². The number of hydrogen-bond donors (Lipinski definition) is 4. The number of rotatable bonds is 1. The molecule has 2 fully saturated rings. The largest absolute Gasteiger partial charge is 0.335 e. The summed E-state index contributed by atoms with van der Waals surface area (Å²) in [6.45, 7) is 1.43. The summed E-state index contributed by atoms with van der Waals surface area (Å²) in [5.74, 6) is -0.331. The number of amides is 3. The highest BCUT2D eigenvalue weighted by molar-refractivity contribution is 5.98. The van der Waals surface area contributed by atoms with E-state index in [2.05, 4.69) is 16.2 Å². The zero-order valence-electron chi connectivity index (χ0n) is 8.03. The van der Waals surface area contributed by atoms with E-state index in [-0.39, 0.29) is 24.4 Å². The highest BCUT2D eigenvalue weighted by Gasteiger charge is 2.34. The van der Waals surface area contributed by atoms with E-state index in [0.29, 0.717) is 6.54 Å². The van der Waals surface area contributed by atoms with Crippen molar-refractivity contribution in [1.29, 1.82) is 0 Å². The second-order valence-corrected chi connectivity index (χ2v) is 3.53. The summed E-state index contributed by atoms with van der Waals surface area (Å²) in [6, 6.07) is -0.406. The van der Waals surface area contributed by atoms with Crippen molar-refractivity contribution in [3.63, 3.8) is 0 Å². The minimum atomic E-state index is -0.519. The number of halogens is 1. The van der Waals surface area contributed by atoms with Gasteiger partial charge in [-0.2, -0.15) is 0 Å². The molecule has 2 unspecified atom stereocenters. The second-order valence-electron chi connectivity index (χ2n) is 3.53. The van der Waals surface area contributed by atoms with Crippen molar-refractivity contribution in [1.82, 2.24) is 21.1 Å². The van der Waals surface area contributed by atoms with E-state index in [4.69, 9.17) is 5.73 Å². The van der Waals surface area contributed by atoms with Gasteiger partial charge < -0.3 is 5.73 Å². The molecule has 8 heteroatoms. The zero-order valence-corrected chi connectivity index (χ0v) is 8.84. The molecule has 0 spiro atoms. The lowest BCUT2D eigenvalue weighted by Gasteiger charge is -2.30. The molecule has 0 saturated carbocycles. The van der Waals surface area contributed by atoms with Crippen LogP contribution in [0.4, 0.5) is 4.79 Å². The number of carbonyl (C=O) groups is 2. The summed E-state index contributed by atoms with van der Waals surface area (Å²) in [5, 5.41) is 2.19. The quantitative estimate of drug-likeness (QED) is 0.426. The van der Waals surface area contributed by atoms with Gasteiger partial charge in [-0.05, 0) is 6.42 Å². The van der Waals surface area contributed by atoms with Gasteiger partial charge in [0.1, 0.15) is 0 Å². The standard InChI is InChI=1S/C7H13N5O2.ClH/c8-4-1-2-12(3-4)5-6(13)9-7(14)11-10-5;/h4-5,10H,1-3,8H2,(H2,9,11,13,14);1H. The highest BCUT2D eigenvalue weighted by Crippen LogP contribution is 2.10. The van der Waals surface area contributed by atoms with Crippen LogP contribution in [0, 0.1) is 0 Å². The molecule has 3 amide bonds. The average molecular weight is 236 g/mol. The Morgan fingerprint density at radius 2 is 2.13 bits per heavy atom. The summed E-state index contributed by atoms with van der Waals surface area (Å²) in [4.78, 5) is 24.0. The second kappa shape index (κ2) is 4.75. The van der Waals surface area contributed by atoms with Crippen molar-refractivity contribution < 1.29 is 9.59 Å². The van der Waals surface area contributed by atoms with Crippen LogP contribution in [-0.4, -0.2) is 42.1 Å². The number of imide groups is 1. The average Bonchev–Trinajstić information content (AvgIpc) is 2.51. The van der Waals surface area contributed by atoms with E-state index in [1.807, 2.05) is 4.90 Å². The van der Waals surface area contributed by atoms with Gasteiger partial charge in [0.05, 0.1) is 0 Å². The predicted molar refractivity (Wildman–Crippen MR) is 55.0 cm³/mol. The smallest absolute Gasteiger partial charge is 0.326 e. The molecular formula is C7H14ClN5O2. The maximum atomic E-state index is 11.4. The normalized spacial score (nSPS) is 31.8. The SMILES string of the molecule is Cl.NC1CCN(C2NNC(=O)NC2=O)C1. The predicted octanol–water partition coefficient (Wildman–Crippen LogP) is -1.89. The van der Waals surface area contributed by atoms with Gasteiger partial charge in [-0.3, -0.25) is 20.4 Å². The summed E-state index contributed by atoms with van der Waals surface area (Å²) in [7, 11) is 0. The fourth-order valence-corrected chi connectivity index (χ4v) is 1.72. The first-order chi connectivity index (χ1) is 6.66. The third-order valence-corrected chi connectivity index (χ3v) is 2.43. The monoisotopic (exact) mass is 235 g/mol. The molecule has 0 aromatic heterocycles. The maximum Gasteiger partial charge on any atom is 0.335 e. The molecular weight excluding hydrogens is 222 g/mol. The fourth-order valence-electron chi connectivity index (χ4n) is 1.72. The van der Waals surface area contributed by atoms with Crippen LogP contribution >= 0.6 is 12.4 Å². The molecule has 2 aliphatic rings. The van der Waals surface area contributed by atoms with Crippen molar-refractivity contribution in [3.8, 4) is 0 Å². The number of hydrazine groups is 1. The summed E-state index contributed by atoms with van der Waals surface area (Å²) >= 11 is 0. The Hall–Kier alpha value is -0.890. The minimum Gasteiger partial charge on any atom is -0.326 e. The van der Waals surface area contributed by atoms with Gasteiger partial charge in [0, 0.05) is 19.1 Å². The summed E-state index contributed by atoms with van der Waals surface area (Å²) < 4.78 is 0. The molecule has 0 aromatic carbocycles. The van der Waals surface area contributed by atoms with Crippen molar-refractivity contribution in [2.45, 2.75) is 18.6 Å². The molecule has 2 heterocycles. The molecule has 0 bridgehead atoms. The third kappa shape index (κ3) is 2.57. The first-order valence-electron chi connectivity index (χ1n) is 4.53. The Labute approximate surface area is 93.1 Å². The number of nitrogens with zero attached hydrogens (tertiary/aromatic N) is 1. The van der Waals surface area contributed by atoms with Crippen molar-refractivity contribution >= 4 is 24.3 Å². The van der Waals surface area contributed by atoms with Crippen LogP contribution in [0.15, 0.2) is 0 Å². The topological polar surface area (TPSA) is 99.5 Å². The molecule has 7 nitrogen and oxygen atoms in total. The van der Waals surface area contributed by atoms with Crippen molar-refractivity contribution in [2.24, 2.45) is 5.73 Å². The minimum absolute atomic E-state index is 0. The van der Waals surface area contributed by atoms with Gasteiger partial charge >= 0.3 is 6.03 Å². The number of likely N-dealkylation sites (tertiary alicyclic amines) is 1. The van der Waals surface area contributed by atoms with E-state index in [1.165, 1.54) is 0 Å². The lowest BCUT2D eigenvalue weighted by atomic mass is 10.3. The molecule has 0 aromatic rings. The zero-order chi connectivity index (χ0) is 10.1. The van der Waals surface area contributed by atoms with Crippen molar-refractivity contribution in [3.05, 3.63) is 0 Å². The molecule has 0 aliphatic carbocycles.